The number of fused-ring (bicyclic) bond motifs is 5. The zero-order valence-corrected chi connectivity index (χ0v) is 26.0. The van der Waals surface area contributed by atoms with Gasteiger partial charge in [0.05, 0.1) is 28.7 Å². The van der Waals surface area contributed by atoms with E-state index < -0.39 is 92.6 Å². The summed E-state index contributed by atoms with van der Waals surface area (Å²) >= 11 is 14.2. The fourth-order valence-corrected chi connectivity index (χ4v) is 8.93. The molecule has 7 rings (SSSR count). The molecule has 0 radical (unpaired) electrons. The largest absolute Gasteiger partial charge is 0.507 e. The number of rotatable bonds is 2. The van der Waals surface area contributed by atoms with Crippen molar-refractivity contribution in [3.05, 3.63) is 82.9 Å². The fourth-order valence-electron chi connectivity index (χ4n) is 7.92. The average molecular weight is 711 g/mol. The van der Waals surface area contributed by atoms with Crippen molar-refractivity contribution in [3.8, 4) is 5.75 Å². The van der Waals surface area contributed by atoms with Gasteiger partial charge in [-0.15, -0.1) is 23.2 Å². The van der Waals surface area contributed by atoms with Crippen LogP contribution in [0.4, 0.5) is 32.0 Å². The van der Waals surface area contributed by atoms with Gasteiger partial charge in [-0.05, 0) is 42.3 Å². The maximum atomic E-state index is 14.1. The van der Waals surface area contributed by atoms with E-state index >= 15 is 0 Å². The lowest BCUT2D eigenvalue weighted by Crippen LogP contribution is -2.60. The molecule has 15 heteroatoms. The highest BCUT2D eigenvalue weighted by Crippen LogP contribution is 2.66. The van der Waals surface area contributed by atoms with E-state index in [0.717, 1.165) is 4.90 Å². The predicted octanol–water partition coefficient (Wildman–Crippen LogP) is 6.78. The molecule has 1 saturated carbocycles. The minimum atomic E-state index is -5.24. The summed E-state index contributed by atoms with van der Waals surface area (Å²) in [6, 6.07) is 10.4. The number of benzene rings is 3. The van der Waals surface area contributed by atoms with Crippen LogP contribution >= 0.6 is 23.2 Å². The zero-order valence-electron chi connectivity index (χ0n) is 24.5. The molecule has 250 valence electrons. The molecule has 2 aliphatic carbocycles. The van der Waals surface area contributed by atoms with Crippen molar-refractivity contribution < 1.29 is 50.6 Å². The van der Waals surface area contributed by atoms with Crippen LogP contribution in [0.25, 0.3) is 10.8 Å². The summed E-state index contributed by atoms with van der Waals surface area (Å²) in [5.41, 5.74) is -3.96. The van der Waals surface area contributed by atoms with Gasteiger partial charge in [-0.1, -0.05) is 48.0 Å². The van der Waals surface area contributed by atoms with Gasteiger partial charge >= 0.3 is 12.4 Å². The Kier molecular flexibility index (Phi) is 6.90. The summed E-state index contributed by atoms with van der Waals surface area (Å²) in [7, 11) is 1.17. The molecule has 3 aromatic carbocycles. The van der Waals surface area contributed by atoms with Gasteiger partial charge in [-0.2, -0.15) is 26.3 Å². The van der Waals surface area contributed by atoms with Crippen LogP contribution in [0.5, 0.6) is 5.75 Å². The maximum Gasteiger partial charge on any atom is 0.416 e. The van der Waals surface area contributed by atoms with Crippen molar-refractivity contribution >= 4 is 63.3 Å². The maximum absolute atomic E-state index is 14.1. The number of likely N-dealkylation sites (tertiary alicyclic amines) is 1. The third-order valence-electron chi connectivity index (χ3n) is 10.1. The number of carbonyl (C=O) groups is 4. The quantitative estimate of drug-likeness (QED) is 0.137. The number of alkyl halides is 8. The Hall–Kier alpha value is -4.10. The molecule has 0 bridgehead atoms. The Balaban J connectivity index is 1.39. The van der Waals surface area contributed by atoms with Crippen LogP contribution in [0, 0.1) is 17.8 Å². The van der Waals surface area contributed by atoms with E-state index in [4.69, 9.17) is 23.2 Å². The van der Waals surface area contributed by atoms with E-state index in [9.17, 15) is 50.6 Å². The Bertz CT molecular complexity index is 1980. The molecule has 7 nitrogen and oxygen atoms in total. The first-order valence-corrected chi connectivity index (χ1v) is 15.4. The lowest BCUT2D eigenvalue weighted by molar-refractivity contribution is -0.143. The number of nitrogens with zero attached hydrogens (tertiary/aromatic N) is 2. The normalized spacial score (nSPS) is 30.5. The summed E-state index contributed by atoms with van der Waals surface area (Å²) < 4.78 is 82.2. The molecule has 3 aromatic rings. The molecule has 2 saturated heterocycles. The lowest BCUT2D eigenvalue weighted by Gasteiger charge is -2.50. The van der Waals surface area contributed by atoms with Crippen molar-refractivity contribution in [1.82, 2.24) is 4.90 Å². The van der Waals surface area contributed by atoms with E-state index in [0.29, 0.717) is 27.8 Å². The topological polar surface area (TPSA) is 95.0 Å². The first-order chi connectivity index (χ1) is 22.3. The number of phenolic OH excluding ortho intramolecular Hbond substituents is 1. The van der Waals surface area contributed by atoms with Crippen LogP contribution in [-0.4, -0.2) is 50.4 Å². The first-order valence-electron chi connectivity index (χ1n) is 14.6. The van der Waals surface area contributed by atoms with E-state index in [2.05, 4.69) is 0 Å². The molecule has 4 aliphatic rings. The third-order valence-corrected chi connectivity index (χ3v) is 11.5. The number of allylic oxidation sites excluding steroid dienone is 2. The second kappa shape index (κ2) is 10.2. The molecule has 2 heterocycles. The van der Waals surface area contributed by atoms with E-state index in [1.54, 1.807) is 30.3 Å². The molecule has 3 fully saturated rings. The summed E-state index contributed by atoms with van der Waals surface area (Å²) in [6.07, 6.45) is -9.61. The molecule has 4 amide bonds. The van der Waals surface area contributed by atoms with Crippen LogP contribution in [0.2, 0.25) is 0 Å². The average Bonchev–Trinajstić information content (AvgIpc) is 3.35. The highest BCUT2D eigenvalue weighted by atomic mass is 35.5. The van der Waals surface area contributed by atoms with Crippen molar-refractivity contribution in [2.24, 2.45) is 17.8 Å². The summed E-state index contributed by atoms with van der Waals surface area (Å²) in [6.45, 7) is 0. The molecule has 48 heavy (non-hydrogen) atoms. The monoisotopic (exact) mass is 710 g/mol. The molecule has 6 atom stereocenters. The van der Waals surface area contributed by atoms with Crippen molar-refractivity contribution in [1.29, 1.82) is 0 Å². The first kappa shape index (κ1) is 32.4. The van der Waals surface area contributed by atoms with E-state index in [-0.39, 0.29) is 29.4 Å². The van der Waals surface area contributed by atoms with Gasteiger partial charge in [-0.3, -0.25) is 24.1 Å². The molecule has 2 aliphatic heterocycles. The van der Waals surface area contributed by atoms with Crippen molar-refractivity contribution in [3.63, 3.8) is 0 Å². The number of halogens is 8. The van der Waals surface area contributed by atoms with Gasteiger partial charge in [0.1, 0.15) is 5.75 Å². The Labute approximate surface area is 277 Å². The van der Waals surface area contributed by atoms with Crippen LogP contribution in [0.3, 0.4) is 0 Å². The van der Waals surface area contributed by atoms with E-state index in [1.807, 2.05) is 0 Å². The van der Waals surface area contributed by atoms with Crippen LogP contribution < -0.4 is 4.90 Å². The number of hydrogen-bond acceptors (Lipinski definition) is 5. The van der Waals surface area contributed by atoms with Gasteiger partial charge in [-0.25, -0.2) is 4.90 Å². The molecular formula is C33H22Cl2F6N2O5. The molecule has 0 spiro atoms. The number of hydrogen-bond donors (Lipinski definition) is 1. The second-order valence-corrected chi connectivity index (χ2v) is 13.7. The number of anilines is 1. The Morgan fingerprint density at radius 3 is 2.08 bits per heavy atom. The van der Waals surface area contributed by atoms with Gasteiger partial charge in [0.2, 0.25) is 11.8 Å². The number of amides is 4. The standard InChI is InChI=1S/C33H22Cl2F6N2O5/c1-42-28(47)30(34)13-22-19(24(31(30,35)29(42)48)21-7-6-14-4-2-3-5-18(14)25(21)44)8-9-20-23(22)27(46)43(26(20)45)17-11-15(32(36,37)38)10-16(12-17)33(39,40)41/h2-8,10-12,20,22-24,44H,9,13H2,1H3/t20-,22+,23-,24+,30+,31-/m0/s1. The molecule has 0 unspecified atom stereocenters. The minimum absolute atomic E-state index is 0.0981. The predicted molar refractivity (Wildman–Crippen MR) is 160 cm³/mol. The highest BCUT2D eigenvalue weighted by Gasteiger charge is 2.76. The van der Waals surface area contributed by atoms with Gasteiger partial charge < -0.3 is 5.11 Å². The SMILES string of the molecule is CN1C(=O)[C@]2(Cl)C[C@@H]3C(=CC[C@@H]4C(=O)N(c5cc(C(F)(F)F)cc(C(F)(F)F)c5)C(=O)[C@@H]43)[C@H](c3ccc4ccccc4c3O)[C@]2(Cl)C1=O. The number of imide groups is 2. The lowest BCUT2D eigenvalue weighted by atomic mass is 9.56. The van der Waals surface area contributed by atoms with Gasteiger partial charge in [0.25, 0.3) is 11.8 Å². The van der Waals surface area contributed by atoms with Gasteiger partial charge in [0, 0.05) is 23.9 Å². The van der Waals surface area contributed by atoms with Crippen LogP contribution in [0.1, 0.15) is 35.4 Å². The Morgan fingerprint density at radius 2 is 1.46 bits per heavy atom. The van der Waals surface area contributed by atoms with Crippen molar-refractivity contribution in [2.75, 3.05) is 11.9 Å². The third kappa shape index (κ3) is 4.22. The number of phenols is 1. The van der Waals surface area contributed by atoms with Crippen molar-refractivity contribution in [2.45, 2.75) is 40.9 Å². The highest BCUT2D eigenvalue weighted by molar-refractivity contribution is 6.53. The molecule has 1 N–H and O–H groups in total. The number of aromatic hydroxyl groups is 1. The smallest absolute Gasteiger partial charge is 0.416 e. The summed E-state index contributed by atoms with van der Waals surface area (Å²) in [4.78, 5) is 51.9. The van der Waals surface area contributed by atoms with Crippen LogP contribution in [0.15, 0.2) is 66.2 Å². The zero-order chi connectivity index (χ0) is 34.9. The number of carbonyl (C=O) groups excluding carboxylic acids is 4. The minimum Gasteiger partial charge on any atom is -0.507 e. The Morgan fingerprint density at radius 1 is 0.833 bits per heavy atom. The second-order valence-electron chi connectivity index (χ2n) is 12.5. The summed E-state index contributed by atoms with van der Waals surface area (Å²) in [5, 5.41) is 12.5. The van der Waals surface area contributed by atoms with Crippen LogP contribution in [-0.2, 0) is 31.5 Å². The molecule has 0 aromatic heterocycles. The fraction of sp³-hybridized carbons (Fsp3) is 0.333. The van der Waals surface area contributed by atoms with Gasteiger partial charge in [0.15, 0.2) is 9.75 Å². The molecular weight excluding hydrogens is 689 g/mol. The summed E-state index contributed by atoms with van der Waals surface area (Å²) in [5.74, 6) is -9.27. The van der Waals surface area contributed by atoms with E-state index in [1.165, 1.54) is 19.2 Å².